The number of anilines is 2. The number of nitrogens with two attached hydrogens (primary N) is 1. The Labute approximate surface area is 128 Å². The number of sulfonamides is 1. The van der Waals surface area contributed by atoms with Crippen molar-refractivity contribution < 1.29 is 13.2 Å². The molecule has 0 atom stereocenters. The average Bonchev–Trinajstić information content (AvgIpc) is 2.40. The van der Waals surface area contributed by atoms with Gasteiger partial charge in [-0.1, -0.05) is 11.6 Å². The molecule has 3 N–H and O–H groups in total. The summed E-state index contributed by atoms with van der Waals surface area (Å²) in [6, 6.07) is 9.31. The summed E-state index contributed by atoms with van der Waals surface area (Å²) in [6.07, 6.45) is 0. The van der Waals surface area contributed by atoms with E-state index in [0.717, 1.165) is 5.56 Å². The van der Waals surface area contributed by atoms with Crippen molar-refractivity contribution in [3.63, 3.8) is 0 Å². The molecular formula is C14H15ClN2O3S. The van der Waals surface area contributed by atoms with Gasteiger partial charge < -0.3 is 10.5 Å². The van der Waals surface area contributed by atoms with Gasteiger partial charge in [-0.15, -0.1) is 0 Å². The first-order valence-corrected chi connectivity index (χ1v) is 7.92. The summed E-state index contributed by atoms with van der Waals surface area (Å²) < 4.78 is 32.3. The highest BCUT2D eigenvalue weighted by Gasteiger charge is 2.19. The van der Waals surface area contributed by atoms with Crippen molar-refractivity contribution >= 4 is 33.0 Å². The normalized spacial score (nSPS) is 11.2. The van der Waals surface area contributed by atoms with E-state index in [1.807, 2.05) is 0 Å². The quantitative estimate of drug-likeness (QED) is 0.846. The van der Waals surface area contributed by atoms with Gasteiger partial charge in [0.15, 0.2) is 0 Å². The van der Waals surface area contributed by atoms with Crippen LogP contribution in [0.1, 0.15) is 5.56 Å². The van der Waals surface area contributed by atoms with E-state index < -0.39 is 10.0 Å². The molecule has 0 bridgehead atoms. The first-order chi connectivity index (χ1) is 9.83. The summed E-state index contributed by atoms with van der Waals surface area (Å²) in [7, 11) is -2.23. The minimum absolute atomic E-state index is 0.0198. The standard InChI is InChI=1S/C14H15ClN2O3S/c1-9-7-11(20-2)4-5-13(9)17-21(18,19)14-6-3-10(16)8-12(14)15/h3-8,17H,16H2,1-2H3. The van der Waals surface area contributed by atoms with Crippen molar-refractivity contribution in [2.45, 2.75) is 11.8 Å². The monoisotopic (exact) mass is 326 g/mol. The molecule has 7 heteroatoms. The minimum atomic E-state index is -3.78. The SMILES string of the molecule is COc1ccc(NS(=O)(=O)c2ccc(N)cc2Cl)c(C)c1. The summed E-state index contributed by atoms with van der Waals surface area (Å²) in [5.41, 5.74) is 7.17. The molecule has 0 aliphatic rings. The molecule has 2 aromatic rings. The van der Waals surface area contributed by atoms with Crippen molar-refractivity contribution in [2.24, 2.45) is 0 Å². The predicted molar refractivity (Wildman–Crippen MR) is 84.4 cm³/mol. The molecule has 0 saturated carbocycles. The van der Waals surface area contributed by atoms with E-state index in [-0.39, 0.29) is 9.92 Å². The number of hydrogen-bond acceptors (Lipinski definition) is 4. The number of rotatable bonds is 4. The molecule has 2 rings (SSSR count). The third kappa shape index (κ3) is 3.40. The van der Waals surface area contributed by atoms with Crippen LogP contribution in [0, 0.1) is 6.92 Å². The van der Waals surface area contributed by atoms with E-state index in [1.165, 1.54) is 18.2 Å². The smallest absolute Gasteiger partial charge is 0.263 e. The predicted octanol–water partition coefficient (Wildman–Crippen LogP) is 3.04. The maximum atomic E-state index is 12.4. The van der Waals surface area contributed by atoms with Crippen LogP contribution in [0.4, 0.5) is 11.4 Å². The third-order valence-electron chi connectivity index (χ3n) is 2.92. The number of methoxy groups -OCH3 is 1. The van der Waals surface area contributed by atoms with E-state index >= 15 is 0 Å². The summed E-state index contributed by atoms with van der Waals surface area (Å²) in [5, 5.41) is 0.0775. The number of benzene rings is 2. The van der Waals surface area contributed by atoms with Gasteiger partial charge in [0.05, 0.1) is 17.8 Å². The molecule has 0 heterocycles. The molecule has 0 aromatic heterocycles. The maximum Gasteiger partial charge on any atom is 0.263 e. The number of ether oxygens (including phenoxy) is 1. The summed E-state index contributed by atoms with van der Waals surface area (Å²) >= 11 is 5.95. The summed E-state index contributed by atoms with van der Waals surface area (Å²) in [6.45, 7) is 1.78. The fourth-order valence-corrected chi connectivity index (χ4v) is 3.50. The molecule has 112 valence electrons. The lowest BCUT2D eigenvalue weighted by Gasteiger charge is -2.12. The second kappa shape index (κ2) is 5.83. The van der Waals surface area contributed by atoms with Crippen LogP contribution < -0.4 is 15.2 Å². The fourth-order valence-electron chi connectivity index (χ4n) is 1.81. The van der Waals surface area contributed by atoms with Crippen LogP contribution in [0.15, 0.2) is 41.3 Å². The van der Waals surface area contributed by atoms with Gasteiger partial charge in [-0.3, -0.25) is 4.72 Å². The van der Waals surface area contributed by atoms with Crippen molar-refractivity contribution in [3.05, 3.63) is 47.0 Å². The van der Waals surface area contributed by atoms with Gasteiger partial charge in [0, 0.05) is 5.69 Å². The van der Waals surface area contributed by atoms with Gasteiger partial charge >= 0.3 is 0 Å². The largest absolute Gasteiger partial charge is 0.497 e. The van der Waals surface area contributed by atoms with Gasteiger partial charge in [0.25, 0.3) is 10.0 Å². The Kier molecular flexibility index (Phi) is 4.29. The molecule has 21 heavy (non-hydrogen) atoms. The van der Waals surface area contributed by atoms with Crippen LogP contribution in [0.25, 0.3) is 0 Å². The second-order valence-electron chi connectivity index (χ2n) is 4.48. The molecule has 0 aliphatic carbocycles. The number of nitrogen functional groups attached to an aromatic ring is 1. The molecular weight excluding hydrogens is 312 g/mol. The molecule has 0 fully saturated rings. The summed E-state index contributed by atoms with van der Waals surface area (Å²) in [5.74, 6) is 0.654. The van der Waals surface area contributed by atoms with E-state index in [9.17, 15) is 8.42 Å². The number of aryl methyl sites for hydroxylation is 1. The van der Waals surface area contributed by atoms with Crippen molar-refractivity contribution in [1.82, 2.24) is 0 Å². The molecule has 5 nitrogen and oxygen atoms in total. The average molecular weight is 327 g/mol. The topological polar surface area (TPSA) is 81.4 Å². The van der Waals surface area contributed by atoms with Gasteiger partial charge in [-0.2, -0.15) is 0 Å². The Morgan fingerprint density at radius 1 is 1.19 bits per heavy atom. The molecule has 0 radical (unpaired) electrons. The van der Waals surface area contributed by atoms with Gasteiger partial charge in [0.2, 0.25) is 0 Å². The fraction of sp³-hybridized carbons (Fsp3) is 0.143. The second-order valence-corrected chi connectivity index (χ2v) is 6.53. The Hall–Kier alpha value is -1.92. The number of hydrogen-bond donors (Lipinski definition) is 2. The van der Waals surface area contributed by atoms with Crippen LogP contribution in [-0.4, -0.2) is 15.5 Å². The summed E-state index contributed by atoms with van der Waals surface area (Å²) in [4.78, 5) is -0.0198. The maximum absolute atomic E-state index is 12.4. The highest BCUT2D eigenvalue weighted by molar-refractivity contribution is 7.92. The van der Waals surface area contributed by atoms with E-state index in [4.69, 9.17) is 22.1 Å². The van der Waals surface area contributed by atoms with Crippen LogP contribution in [0.5, 0.6) is 5.75 Å². The zero-order valence-electron chi connectivity index (χ0n) is 11.6. The Bertz CT molecular complexity index is 776. The molecule has 0 unspecified atom stereocenters. The van der Waals surface area contributed by atoms with Crippen LogP contribution in [0.3, 0.4) is 0 Å². The Morgan fingerprint density at radius 3 is 2.48 bits per heavy atom. The molecule has 0 amide bonds. The van der Waals surface area contributed by atoms with Crippen LogP contribution in [0.2, 0.25) is 5.02 Å². The molecule has 0 spiro atoms. The Balaban J connectivity index is 2.37. The first-order valence-electron chi connectivity index (χ1n) is 6.06. The minimum Gasteiger partial charge on any atom is -0.497 e. The lowest BCUT2D eigenvalue weighted by Crippen LogP contribution is -2.14. The van der Waals surface area contributed by atoms with E-state index in [0.29, 0.717) is 17.1 Å². The van der Waals surface area contributed by atoms with E-state index in [1.54, 1.807) is 32.2 Å². The zero-order chi connectivity index (χ0) is 15.6. The lowest BCUT2D eigenvalue weighted by atomic mass is 10.2. The highest BCUT2D eigenvalue weighted by Crippen LogP contribution is 2.28. The van der Waals surface area contributed by atoms with Crippen molar-refractivity contribution in [3.8, 4) is 5.75 Å². The van der Waals surface area contributed by atoms with Crippen LogP contribution >= 0.6 is 11.6 Å². The Morgan fingerprint density at radius 2 is 1.90 bits per heavy atom. The molecule has 2 aromatic carbocycles. The van der Waals surface area contributed by atoms with Gasteiger partial charge in [-0.05, 0) is 48.9 Å². The first kappa shape index (κ1) is 15.5. The van der Waals surface area contributed by atoms with Crippen molar-refractivity contribution in [2.75, 3.05) is 17.6 Å². The molecule has 0 aliphatic heterocycles. The third-order valence-corrected chi connectivity index (χ3v) is 4.77. The van der Waals surface area contributed by atoms with Gasteiger partial charge in [0.1, 0.15) is 10.6 Å². The van der Waals surface area contributed by atoms with Crippen LogP contribution in [-0.2, 0) is 10.0 Å². The zero-order valence-corrected chi connectivity index (χ0v) is 13.1. The number of halogens is 1. The van der Waals surface area contributed by atoms with Gasteiger partial charge in [-0.25, -0.2) is 8.42 Å². The number of nitrogens with one attached hydrogen (secondary N) is 1. The van der Waals surface area contributed by atoms with Crippen molar-refractivity contribution in [1.29, 1.82) is 0 Å². The molecule has 0 saturated heterocycles. The van der Waals surface area contributed by atoms with E-state index in [2.05, 4.69) is 4.72 Å². The lowest BCUT2D eigenvalue weighted by molar-refractivity contribution is 0.414. The highest BCUT2D eigenvalue weighted by atomic mass is 35.5.